The first kappa shape index (κ1) is 15.8. The van der Waals surface area contributed by atoms with Crippen LogP contribution in [-0.4, -0.2) is 27.5 Å². The Kier molecular flexibility index (Phi) is 4.93. The zero-order valence-corrected chi connectivity index (χ0v) is 13.0. The second-order valence-corrected chi connectivity index (χ2v) is 5.30. The predicted octanol–water partition coefficient (Wildman–Crippen LogP) is 2.61. The molecule has 0 radical (unpaired) electrons. The second-order valence-electron chi connectivity index (χ2n) is 5.30. The van der Waals surface area contributed by atoms with Gasteiger partial charge in [-0.1, -0.05) is 60.7 Å². The molecule has 3 rings (SSSR count). The number of aliphatic hydroxyl groups excluding tert-OH is 1. The number of carbonyl (C=O) groups is 1. The summed E-state index contributed by atoms with van der Waals surface area (Å²) in [5.41, 5.74) is 2.01. The van der Waals surface area contributed by atoms with E-state index >= 15 is 0 Å². The lowest BCUT2D eigenvalue weighted by Crippen LogP contribution is -2.28. The van der Waals surface area contributed by atoms with E-state index < -0.39 is 6.10 Å². The van der Waals surface area contributed by atoms with Crippen molar-refractivity contribution in [3.05, 3.63) is 84.2 Å². The molecule has 2 aromatic carbocycles. The summed E-state index contributed by atoms with van der Waals surface area (Å²) in [6.45, 7) is 0.128. The van der Waals surface area contributed by atoms with Crippen molar-refractivity contribution >= 4 is 5.91 Å². The SMILES string of the molecule is O=C(NCC(O)c1ccccc1)c1cnc(-c2ccccc2)nc1. The van der Waals surface area contributed by atoms with E-state index in [1.54, 1.807) is 0 Å². The quantitative estimate of drug-likeness (QED) is 0.758. The average Bonchev–Trinajstić information content (AvgIpc) is 2.67. The zero-order valence-electron chi connectivity index (χ0n) is 13.0. The van der Waals surface area contributed by atoms with E-state index in [0.717, 1.165) is 11.1 Å². The molecule has 2 N–H and O–H groups in total. The van der Waals surface area contributed by atoms with Crippen LogP contribution in [0.1, 0.15) is 22.0 Å². The van der Waals surface area contributed by atoms with Crippen LogP contribution in [0.5, 0.6) is 0 Å². The Morgan fingerprint density at radius 3 is 2.17 bits per heavy atom. The summed E-state index contributed by atoms with van der Waals surface area (Å²) in [5, 5.41) is 12.8. The second kappa shape index (κ2) is 7.48. The Balaban J connectivity index is 1.61. The summed E-state index contributed by atoms with van der Waals surface area (Å²) in [6, 6.07) is 18.7. The van der Waals surface area contributed by atoms with Crippen LogP contribution >= 0.6 is 0 Å². The van der Waals surface area contributed by atoms with E-state index in [1.807, 2.05) is 60.7 Å². The Morgan fingerprint density at radius 1 is 0.958 bits per heavy atom. The fourth-order valence-corrected chi connectivity index (χ4v) is 2.27. The maximum Gasteiger partial charge on any atom is 0.254 e. The Labute approximate surface area is 140 Å². The van der Waals surface area contributed by atoms with Gasteiger partial charge in [-0.05, 0) is 5.56 Å². The van der Waals surface area contributed by atoms with Gasteiger partial charge in [0.15, 0.2) is 5.82 Å². The molecule has 5 heteroatoms. The molecular weight excluding hydrogens is 302 g/mol. The van der Waals surface area contributed by atoms with E-state index in [4.69, 9.17) is 0 Å². The van der Waals surface area contributed by atoms with Crippen LogP contribution in [0.2, 0.25) is 0 Å². The van der Waals surface area contributed by atoms with Gasteiger partial charge >= 0.3 is 0 Å². The van der Waals surface area contributed by atoms with Gasteiger partial charge in [0.2, 0.25) is 0 Å². The van der Waals surface area contributed by atoms with Crippen molar-refractivity contribution < 1.29 is 9.90 Å². The largest absolute Gasteiger partial charge is 0.387 e. The maximum absolute atomic E-state index is 12.1. The average molecular weight is 319 g/mol. The topological polar surface area (TPSA) is 75.1 Å². The van der Waals surface area contributed by atoms with Crippen molar-refractivity contribution in [3.63, 3.8) is 0 Å². The molecule has 0 aliphatic carbocycles. The number of rotatable bonds is 5. The first-order valence-corrected chi connectivity index (χ1v) is 7.63. The highest BCUT2D eigenvalue weighted by Gasteiger charge is 2.11. The smallest absolute Gasteiger partial charge is 0.254 e. The van der Waals surface area contributed by atoms with Gasteiger partial charge in [0.25, 0.3) is 5.91 Å². The molecule has 1 heterocycles. The van der Waals surface area contributed by atoms with E-state index in [2.05, 4.69) is 15.3 Å². The van der Waals surface area contributed by atoms with E-state index in [9.17, 15) is 9.90 Å². The van der Waals surface area contributed by atoms with Crippen LogP contribution in [0.25, 0.3) is 11.4 Å². The molecule has 24 heavy (non-hydrogen) atoms. The fourth-order valence-electron chi connectivity index (χ4n) is 2.27. The molecule has 0 fully saturated rings. The van der Waals surface area contributed by atoms with Gasteiger partial charge in [0, 0.05) is 24.5 Å². The van der Waals surface area contributed by atoms with Gasteiger partial charge in [-0.2, -0.15) is 0 Å². The molecule has 1 amide bonds. The highest BCUT2D eigenvalue weighted by Crippen LogP contribution is 2.14. The standard InChI is InChI=1S/C19H17N3O2/c23-17(14-7-3-1-4-8-14)13-22-19(24)16-11-20-18(21-12-16)15-9-5-2-6-10-15/h1-12,17,23H,13H2,(H,22,24). The molecule has 0 aliphatic rings. The summed E-state index contributed by atoms with van der Waals surface area (Å²) in [7, 11) is 0. The molecule has 1 unspecified atom stereocenters. The van der Waals surface area contributed by atoms with Gasteiger partial charge < -0.3 is 10.4 Å². The number of aromatic nitrogens is 2. The number of hydrogen-bond acceptors (Lipinski definition) is 4. The zero-order chi connectivity index (χ0) is 16.8. The lowest BCUT2D eigenvalue weighted by molar-refractivity contribution is 0.0915. The van der Waals surface area contributed by atoms with Crippen LogP contribution in [0.4, 0.5) is 0 Å². The highest BCUT2D eigenvalue weighted by atomic mass is 16.3. The molecule has 120 valence electrons. The van der Waals surface area contributed by atoms with E-state index in [0.29, 0.717) is 11.4 Å². The number of benzene rings is 2. The number of amides is 1. The van der Waals surface area contributed by atoms with Crippen molar-refractivity contribution in [3.8, 4) is 11.4 Å². The number of nitrogens with zero attached hydrogens (tertiary/aromatic N) is 2. The van der Waals surface area contributed by atoms with E-state index in [1.165, 1.54) is 12.4 Å². The number of nitrogens with one attached hydrogen (secondary N) is 1. The molecule has 3 aromatic rings. The van der Waals surface area contributed by atoms with Gasteiger partial charge in [-0.15, -0.1) is 0 Å². The minimum Gasteiger partial charge on any atom is -0.387 e. The number of carbonyl (C=O) groups excluding carboxylic acids is 1. The highest BCUT2D eigenvalue weighted by molar-refractivity contribution is 5.93. The van der Waals surface area contributed by atoms with Crippen LogP contribution in [0.15, 0.2) is 73.1 Å². The van der Waals surface area contributed by atoms with Crippen LogP contribution in [0.3, 0.4) is 0 Å². The molecule has 0 aliphatic heterocycles. The third kappa shape index (κ3) is 3.83. The third-order valence-electron chi connectivity index (χ3n) is 3.59. The molecule has 0 spiro atoms. The fraction of sp³-hybridized carbons (Fsp3) is 0.105. The number of hydrogen-bond donors (Lipinski definition) is 2. The molecule has 0 bridgehead atoms. The van der Waals surface area contributed by atoms with Crippen molar-refractivity contribution in [2.45, 2.75) is 6.10 Å². The summed E-state index contributed by atoms with van der Waals surface area (Å²) >= 11 is 0. The third-order valence-corrected chi connectivity index (χ3v) is 3.59. The van der Waals surface area contributed by atoms with Gasteiger partial charge in [0.05, 0.1) is 11.7 Å². The van der Waals surface area contributed by atoms with Gasteiger partial charge in [-0.25, -0.2) is 9.97 Å². The Bertz CT molecular complexity index is 790. The van der Waals surface area contributed by atoms with Crippen molar-refractivity contribution in [2.24, 2.45) is 0 Å². The summed E-state index contributed by atoms with van der Waals surface area (Å²) in [5.74, 6) is 0.251. The molecule has 1 atom stereocenters. The first-order chi connectivity index (χ1) is 11.7. The minimum absolute atomic E-state index is 0.128. The Hall–Kier alpha value is -3.05. The van der Waals surface area contributed by atoms with Crippen molar-refractivity contribution in [1.82, 2.24) is 15.3 Å². The van der Waals surface area contributed by atoms with E-state index in [-0.39, 0.29) is 12.5 Å². The predicted molar refractivity (Wildman–Crippen MR) is 91.2 cm³/mol. The molecule has 5 nitrogen and oxygen atoms in total. The minimum atomic E-state index is -0.750. The molecular formula is C19H17N3O2. The summed E-state index contributed by atoms with van der Waals surface area (Å²) in [4.78, 5) is 20.6. The van der Waals surface area contributed by atoms with Crippen molar-refractivity contribution in [2.75, 3.05) is 6.54 Å². The summed E-state index contributed by atoms with van der Waals surface area (Å²) < 4.78 is 0. The van der Waals surface area contributed by atoms with Gasteiger partial charge in [0.1, 0.15) is 0 Å². The lowest BCUT2D eigenvalue weighted by atomic mass is 10.1. The Morgan fingerprint density at radius 2 is 1.54 bits per heavy atom. The first-order valence-electron chi connectivity index (χ1n) is 7.63. The maximum atomic E-state index is 12.1. The summed E-state index contributed by atoms with van der Waals surface area (Å²) in [6.07, 6.45) is 2.22. The van der Waals surface area contributed by atoms with Crippen molar-refractivity contribution in [1.29, 1.82) is 0 Å². The molecule has 0 saturated carbocycles. The molecule has 0 saturated heterocycles. The van der Waals surface area contributed by atoms with Crippen LogP contribution in [-0.2, 0) is 0 Å². The number of aliphatic hydroxyl groups is 1. The monoisotopic (exact) mass is 319 g/mol. The van der Waals surface area contributed by atoms with Gasteiger partial charge in [-0.3, -0.25) is 4.79 Å². The normalized spacial score (nSPS) is 11.7. The van der Waals surface area contributed by atoms with Crippen LogP contribution in [0, 0.1) is 0 Å². The molecule has 1 aromatic heterocycles. The van der Waals surface area contributed by atoms with Crippen LogP contribution < -0.4 is 5.32 Å². The lowest BCUT2D eigenvalue weighted by Gasteiger charge is -2.12.